The molecule has 2 aromatic rings. The molecule has 0 saturated carbocycles. The number of hydrogen-bond acceptors (Lipinski definition) is 4. The van der Waals surface area contributed by atoms with Crippen LogP contribution in [0.25, 0.3) is 0 Å². The number of hydrogen-bond donors (Lipinski definition) is 1. The van der Waals surface area contributed by atoms with Crippen molar-refractivity contribution in [3.63, 3.8) is 0 Å². The van der Waals surface area contributed by atoms with Crippen molar-refractivity contribution in [2.24, 2.45) is 0 Å². The monoisotopic (exact) mass is 410 g/mol. The van der Waals surface area contributed by atoms with E-state index in [0.29, 0.717) is 31.0 Å². The number of piperidine rings is 1. The molecule has 1 heterocycles. The van der Waals surface area contributed by atoms with Crippen molar-refractivity contribution in [2.45, 2.75) is 39.2 Å². The summed E-state index contributed by atoms with van der Waals surface area (Å²) < 4.78 is 11.1. The van der Waals surface area contributed by atoms with E-state index in [1.807, 2.05) is 48.2 Å². The number of ether oxygens (including phenoxy) is 2. The van der Waals surface area contributed by atoms with E-state index < -0.39 is 0 Å². The second-order valence-electron chi connectivity index (χ2n) is 7.61. The second-order valence-corrected chi connectivity index (χ2v) is 7.61. The van der Waals surface area contributed by atoms with Crippen molar-refractivity contribution >= 4 is 11.8 Å². The van der Waals surface area contributed by atoms with E-state index >= 15 is 0 Å². The molecule has 0 atom stereocenters. The molecule has 6 nitrogen and oxygen atoms in total. The Morgan fingerprint density at radius 1 is 0.967 bits per heavy atom. The molecular formula is C24H30N2O4. The Kier molecular flexibility index (Phi) is 7.71. The number of benzene rings is 2. The maximum Gasteiger partial charge on any atom is 0.258 e. The summed E-state index contributed by atoms with van der Waals surface area (Å²) >= 11 is 0. The first-order valence-corrected chi connectivity index (χ1v) is 10.6. The van der Waals surface area contributed by atoms with Gasteiger partial charge in [-0.2, -0.15) is 0 Å². The molecule has 0 aromatic heterocycles. The van der Waals surface area contributed by atoms with Crippen LogP contribution in [0.15, 0.2) is 48.5 Å². The van der Waals surface area contributed by atoms with Crippen LogP contribution >= 0.6 is 0 Å². The molecule has 2 aromatic carbocycles. The van der Waals surface area contributed by atoms with Gasteiger partial charge in [0.2, 0.25) is 0 Å². The SMILES string of the molecule is CCCOc1ccc(OCC(=O)NC2CCN(C(=O)c3ccc(C)cc3)CC2)cc1. The summed E-state index contributed by atoms with van der Waals surface area (Å²) in [5, 5.41) is 3.01. The van der Waals surface area contributed by atoms with Gasteiger partial charge in [-0.3, -0.25) is 9.59 Å². The van der Waals surface area contributed by atoms with Crippen molar-refractivity contribution in [1.82, 2.24) is 10.2 Å². The molecule has 160 valence electrons. The average molecular weight is 411 g/mol. The summed E-state index contributed by atoms with van der Waals surface area (Å²) in [5.74, 6) is 1.33. The summed E-state index contributed by atoms with van der Waals surface area (Å²) in [7, 11) is 0. The van der Waals surface area contributed by atoms with E-state index in [1.54, 1.807) is 12.1 Å². The Morgan fingerprint density at radius 2 is 1.57 bits per heavy atom. The van der Waals surface area contributed by atoms with Gasteiger partial charge in [0.1, 0.15) is 11.5 Å². The van der Waals surface area contributed by atoms with Crippen LogP contribution < -0.4 is 14.8 Å². The fourth-order valence-corrected chi connectivity index (χ4v) is 3.38. The maximum absolute atomic E-state index is 12.6. The number of carbonyl (C=O) groups is 2. The fourth-order valence-electron chi connectivity index (χ4n) is 3.38. The third kappa shape index (κ3) is 6.24. The molecular weight excluding hydrogens is 380 g/mol. The lowest BCUT2D eigenvalue weighted by molar-refractivity contribution is -0.124. The Labute approximate surface area is 178 Å². The molecule has 2 amide bonds. The first-order valence-electron chi connectivity index (χ1n) is 10.6. The van der Waals surface area contributed by atoms with E-state index in [0.717, 1.165) is 30.6 Å². The number of amides is 2. The van der Waals surface area contributed by atoms with Gasteiger partial charge in [0.25, 0.3) is 11.8 Å². The van der Waals surface area contributed by atoms with Gasteiger partial charge in [-0.25, -0.2) is 0 Å². The minimum Gasteiger partial charge on any atom is -0.494 e. The minimum absolute atomic E-state index is 0.0301. The highest BCUT2D eigenvalue weighted by Gasteiger charge is 2.24. The molecule has 0 aliphatic carbocycles. The van der Waals surface area contributed by atoms with Gasteiger partial charge in [-0.1, -0.05) is 24.6 Å². The van der Waals surface area contributed by atoms with Crippen molar-refractivity contribution in [3.8, 4) is 11.5 Å². The van der Waals surface area contributed by atoms with Crippen LogP contribution in [0.4, 0.5) is 0 Å². The molecule has 6 heteroatoms. The van der Waals surface area contributed by atoms with Crippen LogP contribution in [-0.2, 0) is 4.79 Å². The Hall–Kier alpha value is -3.02. The summed E-state index contributed by atoms with van der Waals surface area (Å²) in [4.78, 5) is 26.7. The summed E-state index contributed by atoms with van der Waals surface area (Å²) in [6, 6.07) is 15.0. The van der Waals surface area contributed by atoms with E-state index in [1.165, 1.54) is 0 Å². The molecule has 0 radical (unpaired) electrons. The van der Waals surface area contributed by atoms with Crippen LogP contribution in [0.3, 0.4) is 0 Å². The highest BCUT2D eigenvalue weighted by molar-refractivity contribution is 5.94. The zero-order chi connectivity index (χ0) is 21.3. The largest absolute Gasteiger partial charge is 0.494 e. The average Bonchev–Trinajstić information content (AvgIpc) is 2.77. The molecule has 1 N–H and O–H groups in total. The molecule has 3 rings (SSSR count). The van der Waals surface area contributed by atoms with Gasteiger partial charge < -0.3 is 19.7 Å². The lowest BCUT2D eigenvalue weighted by Gasteiger charge is -2.32. The molecule has 0 bridgehead atoms. The van der Waals surface area contributed by atoms with Crippen molar-refractivity contribution in [1.29, 1.82) is 0 Å². The van der Waals surface area contributed by atoms with Gasteiger partial charge in [0.05, 0.1) is 6.61 Å². The predicted octanol–water partition coefficient (Wildman–Crippen LogP) is 3.58. The van der Waals surface area contributed by atoms with Crippen LogP contribution in [0.1, 0.15) is 42.1 Å². The maximum atomic E-state index is 12.6. The summed E-state index contributed by atoms with van der Waals surface area (Å²) in [5.41, 5.74) is 1.85. The first-order chi connectivity index (χ1) is 14.5. The van der Waals surface area contributed by atoms with Gasteiger partial charge in [0, 0.05) is 24.7 Å². The topological polar surface area (TPSA) is 67.9 Å². The summed E-state index contributed by atoms with van der Waals surface area (Å²) in [6.07, 6.45) is 2.44. The molecule has 30 heavy (non-hydrogen) atoms. The zero-order valence-corrected chi connectivity index (χ0v) is 17.7. The molecule has 1 aliphatic heterocycles. The second kappa shape index (κ2) is 10.7. The van der Waals surface area contributed by atoms with Gasteiger partial charge >= 0.3 is 0 Å². The van der Waals surface area contributed by atoms with E-state index in [-0.39, 0.29) is 24.5 Å². The number of carbonyl (C=O) groups excluding carboxylic acids is 2. The molecule has 1 saturated heterocycles. The first kappa shape index (κ1) is 21.7. The molecule has 0 spiro atoms. The van der Waals surface area contributed by atoms with Gasteiger partial charge in [-0.15, -0.1) is 0 Å². The van der Waals surface area contributed by atoms with Crippen molar-refractivity contribution in [2.75, 3.05) is 26.3 Å². The fraction of sp³-hybridized carbons (Fsp3) is 0.417. The van der Waals surface area contributed by atoms with Crippen molar-refractivity contribution < 1.29 is 19.1 Å². The Morgan fingerprint density at radius 3 is 2.17 bits per heavy atom. The highest BCUT2D eigenvalue weighted by atomic mass is 16.5. The third-order valence-corrected chi connectivity index (χ3v) is 5.11. The quantitative estimate of drug-likeness (QED) is 0.722. The number of nitrogens with one attached hydrogen (secondary N) is 1. The third-order valence-electron chi connectivity index (χ3n) is 5.11. The Bertz CT molecular complexity index is 825. The highest BCUT2D eigenvalue weighted by Crippen LogP contribution is 2.18. The van der Waals surface area contributed by atoms with E-state index in [9.17, 15) is 9.59 Å². The van der Waals surface area contributed by atoms with Crippen LogP contribution in [0, 0.1) is 6.92 Å². The smallest absolute Gasteiger partial charge is 0.258 e. The lowest BCUT2D eigenvalue weighted by atomic mass is 10.0. The molecule has 0 unspecified atom stereocenters. The molecule has 1 aliphatic rings. The standard InChI is InChI=1S/C24H30N2O4/c1-3-16-29-21-8-10-22(11-9-21)30-17-23(27)25-20-12-14-26(15-13-20)24(28)19-6-4-18(2)5-7-19/h4-11,20H,3,12-17H2,1-2H3,(H,25,27). The van der Waals surface area contributed by atoms with Gasteiger partial charge in [-0.05, 0) is 62.6 Å². The van der Waals surface area contributed by atoms with Crippen LogP contribution in [0.5, 0.6) is 11.5 Å². The zero-order valence-electron chi connectivity index (χ0n) is 17.7. The number of aryl methyl sites for hydroxylation is 1. The number of rotatable bonds is 8. The van der Waals surface area contributed by atoms with E-state index in [4.69, 9.17) is 9.47 Å². The number of likely N-dealkylation sites (tertiary alicyclic amines) is 1. The minimum atomic E-state index is -0.148. The van der Waals surface area contributed by atoms with Gasteiger partial charge in [0.15, 0.2) is 6.61 Å². The Balaban J connectivity index is 1.38. The normalized spacial score (nSPS) is 14.3. The van der Waals surface area contributed by atoms with Crippen LogP contribution in [-0.4, -0.2) is 49.1 Å². The lowest BCUT2D eigenvalue weighted by Crippen LogP contribution is -2.47. The van der Waals surface area contributed by atoms with Crippen molar-refractivity contribution in [3.05, 3.63) is 59.7 Å². The van der Waals surface area contributed by atoms with Crippen LogP contribution in [0.2, 0.25) is 0 Å². The summed E-state index contributed by atoms with van der Waals surface area (Å²) in [6.45, 7) is 5.98. The predicted molar refractivity (Wildman–Crippen MR) is 116 cm³/mol. The molecule has 1 fully saturated rings. The number of nitrogens with zero attached hydrogens (tertiary/aromatic N) is 1. The van der Waals surface area contributed by atoms with E-state index in [2.05, 4.69) is 12.2 Å².